The Morgan fingerprint density at radius 3 is 2.00 bits per heavy atom. The van der Waals surface area contributed by atoms with Gasteiger partial charge in [0.25, 0.3) is 11.8 Å². The van der Waals surface area contributed by atoms with Crippen molar-refractivity contribution in [2.45, 2.75) is 6.92 Å². The quantitative estimate of drug-likeness (QED) is 0.544. The fraction of sp³-hybridized carbons (Fsp3) is 0.154. The topological polar surface area (TPSA) is 77.1 Å². The van der Waals surface area contributed by atoms with Gasteiger partial charge in [-0.15, -0.1) is 0 Å². The molecule has 0 aliphatic carbocycles. The normalized spacial score (nSPS) is 13.4. The van der Waals surface area contributed by atoms with Crippen molar-refractivity contribution in [3.05, 3.63) is 83.6 Å². The van der Waals surface area contributed by atoms with Crippen LogP contribution in [0.4, 0.5) is 11.4 Å². The molecule has 2 amide bonds. The van der Waals surface area contributed by atoms with Gasteiger partial charge < -0.3 is 19.5 Å². The molecule has 0 saturated heterocycles. The van der Waals surface area contributed by atoms with Crippen molar-refractivity contribution >= 4 is 28.8 Å². The van der Waals surface area contributed by atoms with Crippen molar-refractivity contribution < 1.29 is 23.8 Å². The number of imide groups is 1. The van der Waals surface area contributed by atoms with Crippen LogP contribution in [-0.2, 0) is 9.59 Å². The second-order valence-electron chi connectivity index (χ2n) is 7.46. The number of ether oxygens (including phenoxy) is 3. The molecular weight excluding hydrogens is 420 g/mol. The Balaban J connectivity index is 1.85. The zero-order valence-corrected chi connectivity index (χ0v) is 18.8. The van der Waals surface area contributed by atoms with E-state index in [1.807, 2.05) is 31.2 Å². The van der Waals surface area contributed by atoms with Crippen LogP contribution in [0.1, 0.15) is 11.1 Å². The summed E-state index contributed by atoms with van der Waals surface area (Å²) in [6, 6.07) is 19.6. The van der Waals surface area contributed by atoms with E-state index in [9.17, 15) is 9.59 Å². The molecule has 4 rings (SSSR count). The standard InChI is InChI=1S/C26H24N2O5/c1-16-9-11-17(12-10-16)23-24(27-18-13-19(31-2)15-20(14-18)32-3)26(30)28(25(23)29)21-7-5-6-8-22(21)33-4/h5-15,27H,1-4H3. The molecule has 0 spiro atoms. The Morgan fingerprint density at radius 2 is 1.39 bits per heavy atom. The van der Waals surface area contributed by atoms with Gasteiger partial charge >= 0.3 is 0 Å². The third-order valence-corrected chi connectivity index (χ3v) is 5.37. The molecule has 1 aliphatic heterocycles. The van der Waals surface area contributed by atoms with Crippen LogP contribution in [0.2, 0.25) is 0 Å². The molecule has 0 fully saturated rings. The first-order valence-electron chi connectivity index (χ1n) is 10.3. The number of nitrogens with zero attached hydrogens (tertiary/aromatic N) is 1. The van der Waals surface area contributed by atoms with E-state index in [-0.39, 0.29) is 11.3 Å². The Bertz CT molecular complexity index is 1230. The molecule has 168 valence electrons. The van der Waals surface area contributed by atoms with Crippen LogP contribution in [0.5, 0.6) is 17.2 Å². The second kappa shape index (κ2) is 9.08. The molecule has 0 radical (unpaired) electrons. The first-order chi connectivity index (χ1) is 16.0. The van der Waals surface area contributed by atoms with Crippen molar-refractivity contribution in [1.29, 1.82) is 0 Å². The van der Waals surface area contributed by atoms with Gasteiger partial charge in [-0.3, -0.25) is 9.59 Å². The van der Waals surface area contributed by atoms with Crippen molar-refractivity contribution in [3.8, 4) is 17.2 Å². The molecule has 33 heavy (non-hydrogen) atoms. The van der Waals surface area contributed by atoms with Gasteiger partial charge in [0, 0.05) is 23.9 Å². The van der Waals surface area contributed by atoms with E-state index in [1.54, 1.807) is 56.7 Å². The summed E-state index contributed by atoms with van der Waals surface area (Å²) in [7, 11) is 4.59. The Kier molecular flexibility index (Phi) is 6.04. The number of methoxy groups -OCH3 is 3. The number of carbonyl (C=O) groups excluding carboxylic acids is 2. The number of aryl methyl sites for hydroxylation is 1. The predicted octanol–water partition coefficient (Wildman–Crippen LogP) is 4.42. The predicted molar refractivity (Wildman–Crippen MR) is 127 cm³/mol. The van der Waals surface area contributed by atoms with E-state index < -0.39 is 11.8 Å². The van der Waals surface area contributed by atoms with Gasteiger partial charge in [-0.05, 0) is 24.6 Å². The highest BCUT2D eigenvalue weighted by molar-refractivity contribution is 6.46. The maximum Gasteiger partial charge on any atom is 0.282 e. The van der Waals surface area contributed by atoms with E-state index in [2.05, 4.69) is 5.32 Å². The summed E-state index contributed by atoms with van der Waals surface area (Å²) in [5, 5.41) is 3.14. The van der Waals surface area contributed by atoms with Crippen LogP contribution in [0.15, 0.2) is 72.4 Å². The fourth-order valence-corrected chi connectivity index (χ4v) is 3.69. The molecule has 0 aromatic heterocycles. The maximum atomic E-state index is 13.6. The van der Waals surface area contributed by atoms with Gasteiger partial charge in [0.05, 0.1) is 32.6 Å². The minimum absolute atomic E-state index is 0.157. The number of para-hydroxylation sites is 2. The average Bonchev–Trinajstić information content (AvgIpc) is 3.08. The molecule has 0 saturated carbocycles. The lowest BCUT2D eigenvalue weighted by molar-refractivity contribution is -0.120. The van der Waals surface area contributed by atoms with E-state index >= 15 is 0 Å². The molecule has 7 heteroatoms. The summed E-state index contributed by atoms with van der Waals surface area (Å²) < 4.78 is 16.1. The van der Waals surface area contributed by atoms with Gasteiger partial charge in [-0.2, -0.15) is 0 Å². The number of nitrogens with one attached hydrogen (secondary N) is 1. The lowest BCUT2D eigenvalue weighted by Crippen LogP contribution is -2.32. The van der Waals surface area contributed by atoms with Crippen LogP contribution in [0, 0.1) is 6.92 Å². The average molecular weight is 444 g/mol. The minimum Gasteiger partial charge on any atom is -0.497 e. The number of hydrogen-bond donors (Lipinski definition) is 1. The summed E-state index contributed by atoms with van der Waals surface area (Å²) in [5.74, 6) is 0.597. The number of rotatable bonds is 7. The van der Waals surface area contributed by atoms with Crippen molar-refractivity contribution in [2.24, 2.45) is 0 Å². The van der Waals surface area contributed by atoms with Crippen LogP contribution in [0.25, 0.3) is 5.57 Å². The third-order valence-electron chi connectivity index (χ3n) is 5.37. The Labute approximate surface area is 192 Å². The Hall–Kier alpha value is -4.26. The zero-order chi connectivity index (χ0) is 23.5. The van der Waals surface area contributed by atoms with Crippen molar-refractivity contribution in [1.82, 2.24) is 0 Å². The Morgan fingerprint density at radius 1 is 0.758 bits per heavy atom. The van der Waals surface area contributed by atoms with E-state index in [4.69, 9.17) is 14.2 Å². The molecule has 3 aromatic rings. The molecule has 1 aliphatic rings. The van der Waals surface area contributed by atoms with E-state index in [0.717, 1.165) is 10.5 Å². The van der Waals surface area contributed by atoms with Crippen LogP contribution in [0.3, 0.4) is 0 Å². The van der Waals surface area contributed by atoms with Crippen LogP contribution >= 0.6 is 0 Å². The van der Waals surface area contributed by atoms with Crippen molar-refractivity contribution in [3.63, 3.8) is 0 Å². The number of hydrogen-bond acceptors (Lipinski definition) is 6. The fourth-order valence-electron chi connectivity index (χ4n) is 3.69. The van der Waals surface area contributed by atoms with Crippen LogP contribution < -0.4 is 24.4 Å². The number of benzene rings is 3. The van der Waals surface area contributed by atoms with Gasteiger partial charge in [0.15, 0.2) is 0 Å². The summed E-state index contributed by atoms with van der Waals surface area (Å²) in [6.45, 7) is 1.96. The molecule has 0 unspecified atom stereocenters. The molecule has 1 N–H and O–H groups in total. The lowest BCUT2D eigenvalue weighted by Gasteiger charge is -2.18. The number of carbonyl (C=O) groups is 2. The first kappa shape index (κ1) is 22.0. The molecular formula is C26H24N2O5. The van der Waals surface area contributed by atoms with Crippen LogP contribution in [-0.4, -0.2) is 33.1 Å². The second-order valence-corrected chi connectivity index (χ2v) is 7.46. The summed E-state index contributed by atoms with van der Waals surface area (Å²) in [6.07, 6.45) is 0. The third kappa shape index (κ3) is 4.13. The zero-order valence-electron chi connectivity index (χ0n) is 18.8. The molecule has 0 atom stereocenters. The first-order valence-corrected chi connectivity index (χ1v) is 10.3. The van der Waals surface area contributed by atoms with Gasteiger partial charge in [-0.25, -0.2) is 4.90 Å². The van der Waals surface area contributed by atoms with E-state index in [1.165, 1.54) is 7.11 Å². The molecule has 3 aromatic carbocycles. The number of anilines is 2. The van der Waals surface area contributed by atoms with Gasteiger partial charge in [-0.1, -0.05) is 42.0 Å². The van der Waals surface area contributed by atoms with E-state index in [0.29, 0.717) is 34.2 Å². The SMILES string of the molecule is COc1cc(NC2=C(c3ccc(C)cc3)C(=O)N(c3ccccc3OC)C2=O)cc(OC)c1. The van der Waals surface area contributed by atoms with Gasteiger partial charge in [0.2, 0.25) is 0 Å². The summed E-state index contributed by atoms with van der Waals surface area (Å²) in [5.41, 5.74) is 3.03. The smallest absolute Gasteiger partial charge is 0.282 e. The minimum atomic E-state index is -0.484. The molecule has 1 heterocycles. The van der Waals surface area contributed by atoms with Gasteiger partial charge in [0.1, 0.15) is 22.9 Å². The summed E-state index contributed by atoms with van der Waals surface area (Å²) >= 11 is 0. The monoisotopic (exact) mass is 444 g/mol. The largest absolute Gasteiger partial charge is 0.497 e. The molecule has 0 bridgehead atoms. The molecule has 7 nitrogen and oxygen atoms in total. The van der Waals surface area contributed by atoms with Crippen molar-refractivity contribution in [2.75, 3.05) is 31.5 Å². The summed E-state index contributed by atoms with van der Waals surface area (Å²) in [4.78, 5) is 28.4. The highest BCUT2D eigenvalue weighted by Crippen LogP contribution is 2.38. The lowest BCUT2D eigenvalue weighted by atomic mass is 10.0. The highest BCUT2D eigenvalue weighted by Gasteiger charge is 2.41. The highest BCUT2D eigenvalue weighted by atomic mass is 16.5. The maximum absolute atomic E-state index is 13.6. The number of amides is 2.